The van der Waals surface area contributed by atoms with E-state index in [2.05, 4.69) is 17.1 Å². The van der Waals surface area contributed by atoms with Gasteiger partial charge in [-0.3, -0.25) is 9.69 Å². The standard InChI is InChI=1S/C13H23N3O2/c1-10-12-7-14-6-11(12)8-16(10)9-13(17)15-2-4-18-5-3-15/h10-12,14H,2-9H2,1H3. The van der Waals surface area contributed by atoms with Crippen molar-refractivity contribution in [1.82, 2.24) is 15.1 Å². The van der Waals surface area contributed by atoms with Gasteiger partial charge in [0.25, 0.3) is 0 Å². The van der Waals surface area contributed by atoms with Gasteiger partial charge in [-0.2, -0.15) is 0 Å². The molecule has 3 aliphatic rings. The fourth-order valence-electron chi connectivity index (χ4n) is 3.55. The molecule has 0 aromatic rings. The van der Waals surface area contributed by atoms with Gasteiger partial charge in [-0.15, -0.1) is 0 Å². The molecule has 0 spiro atoms. The minimum absolute atomic E-state index is 0.276. The molecule has 102 valence electrons. The van der Waals surface area contributed by atoms with Crippen molar-refractivity contribution in [3.05, 3.63) is 0 Å². The van der Waals surface area contributed by atoms with Gasteiger partial charge < -0.3 is 15.0 Å². The predicted octanol–water partition coefficient (Wildman–Crippen LogP) is -0.615. The van der Waals surface area contributed by atoms with Crippen molar-refractivity contribution in [3.8, 4) is 0 Å². The highest BCUT2D eigenvalue weighted by Crippen LogP contribution is 2.31. The maximum Gasteiger partial charge on any atom is 0.236 e. The third-order valence-corrected chi connectivity index (χ3v) is 4.76. The lowest BCUT2D eigenvalue weighted by atomic mass is 9.95. The van der Waals surface area contributed by atoms with Gasteiger partial charge >= 0.3 is 0 Å². The smallest absolute Gasteiger partial charge is 0.236 e. The van der Waals surface area contributed by atoms with E-state index in [1.165, 1.54) is 0 Å². The molecule has 0 radical (unpaired) electrons. The summed E-state index contributed by atoms with van der Waals surface area (Å²) in [4.78, 5) is 16.5. The van der Waals surface area contributed by atoms with Gasteiger partial charge in [0.1, 0.15) is 0 Å². The van der Waals surface area contributed by atoms with Crippen molar-refractivity contribution < 1.29 is 9.53 Å². The summed E-state index contributed by atoms with van der Waals surface area (Å²) in [5.41, 5.74) is 0. The molecule has 3 atom stereocenters. The molecule has 3 unspecified atom stereocenters. The Morgan fingerprint density at radius 2 is 2.11 bits per heavy atom. The second kappa shape index (κ2) is 5.15. The number of nitrogens with one attached hydrogen (secondary N) is 1. The molecular weight excluding hydrogens is 230 g/mol. The highest BCUT2D eigenvalue weighted by Gasteiger charge is 2.42. The molecule has 5 heteroatoms. The molecule has 18 heavy (non-hydrogen) atoms. The van der Waals surface area contributed by atoms with Crippen molar-refractivity contribution in [3.63, 3.8) is 0 Å². The van der Waals surface area contributed by atoms with Crippen molar-refractivity contribution in [2.75, 3.05) is 52.5 Å². The molecular formula is C13H23N3O2. The zero-order valence-corrected chi connectivity index (χ0v) is 11.1. The summed E-state index contributed by atoms with van der Waals surface area (Å²) in [5.74, 6) is 1.76. The van der Waals surface area contributed by atoms with Gasteiger partial charge in [0.2, 0.25) is 5.91 Å². The maximum atomic E-state index is 12.2. The summed E-state index contributed by atoms with van der Waals surface area (Å²) in [6.45, 7) is 9.08. The van der Waals surface area contributed by atoms with E-state index >= 15 is 0 Å². The molecule has 3 saturated heterocycles. The van der Waals surface area contributed by atoms with E-state index in [0.717, 1.165) is 44.6 Å². The minimum atomic E-state index is 0.276. The number of ether oxygens (including phenoxy) is 1. The Hall–Kier alpha value is -0.650. The molecule has 3 heterocycles. The molecule has 0 aromatic carbocycles. The predicted molar refractivity (Wildman–Crippen MR) is 68.3 cm³/mol. The van der Waals surface area contributed by atoms with Crippen molar-refractivity contribution in [2.45, 2.75) is 13.0 Å². The molecule has 1 N–H and O–H groups in total. The number of carbonyl (C=O) groups is 1. The van der Waals surface area contributed by atoms with Crippen molar-refractivity contribution in [1.29, 1.82) is 0 Å². The first kappa shape index (κ1) is 12.4. The van der Waals surface area contributed by atoms with Gasteiger partial charge in [-0.1, -0.05) is 0 Å². The van der Waals surface area contributed by atoms with Crippen LogP contribution in [-0.2, 0) is 9.53 Å². The molecule has 0 aliphatic carbocycles. The fraction of sp³-hybridized carbons (Fsp3) is 0.923. The van der Waals surface area contributed by atoms with Crippen LogP contribution in [0, 0.1) is 11.8 Å². The lowest BCUT2D eigenvalue weighted by molar-refractivity contribution is -0.136. The second-order valence-corrected chi connectivity index (χ2v) is 5.75. The van der Waals surface area contributed by atoms with Crippen LogP contribution in [0.4, 0.5) is 0 Å². The quantitative estimate of drug-likeness (QED) is 0.713. The molecule has 3 rings (SSSR count). The summed E-state index contributed by atoms with van der Waals surface area (Å²) >= 11 is 0. The van der Waals surface area contributed by atoms with E-state index in [9.17, 15) is 4.79 Å². The van der Waals surface area contributed by atoms with Crippen molar-refractivity contribution in [2.24, 2.45) is 11.8 Å². The topological polar surface area (TPSA) is 44.8 Å². The van der Waals surface area contributed by atoms with Crippen LogP contribution >= 0.6 is 0 Å². The first-order valence-corrected chi connectivity index (χ1v) is 7.06. The largest absolute Gasteiger partial charge is 0.378 e. The van der Waals surface area contributed by atoms with E-state index in [-0.39, 0.29) is 5.91 Å². The van der Waals surface area contributed by atoms with E-state index in [0.29, 0.717) is 25.8 Å². The normalized spacial score (nSPS) is 36.9. The highest BCUT2D eigenvalue weighted by molar-refractivity contribution is 5.78. The summed E-state index contributed by atoms with van der Waals surface area (Å²) in [6, 6.07) is 0.537. The molecule has 5 nitrogen and oxygen atoms in total. The van der Waals surface area contributed by atoms with Crippen LogP contribution in [0.2, 0.25) is 0 Å². The number of likely N-dealkylation sites (tertiary alicyclic amines) is 1. The summed E-state index contributed by atoms with van der Waals surface area (Å²) < 4.78 is 5.29. The van der Waals surface area contributed by atoms with E-state index in [4.69, 9.17) is 4.74 Å². The lowest BCUT2D eigenvalue weighted by Crippen LogP contribution is -2.47. The average molecular weight is 253 g/mol. The number of morpholine rings is 1. The maximum absolute atomic E-state index is 12.2. The zero-order valence-electron chi connectivity index (χ0n) is 11.1. The van der Waals surface area contributed by atoms with Gasteiger partial charge in [-0.25, -0.2) is 0 Å². The van der Waals surface area contributed by atoms with Crippen LogP contribution in [0.5, 0.6) is 0 Å². The van der Waals surface area contributed by atoms with Gasteiger partial charge in [0, 0.05) is 25.7 Å². The number of hydrogen-bond acceptors (Lipinski definition) is 4. The lowest BCUT2D eigenvalue weighted by Gasteiger charge is -2.30. The van der Waals surface area contributed by atoms with Crippen LogP contribution in [0.3, 0.4) is 0 Å². The Kier molecular flexibility index (Phi) is 3.54. The van der Waals surface area contributed by atoms with E-state index in [1.807, 2.05) is 4.90 Å². The summed E-state index contributed by atoms with van der Waals surface area (Å²) in [5, 5.41) is 3.45. The monoisotopic (exact) mass is 253 g/mol. The number of amides is 1. The Balaban J connectivity index is 1.55. The molecule has 0 aromatic heterocycles. The van der Waals surface area contributed by atoms with Crippen molar-refractivity contribution >= 4 is 5.91 Å². The first-order valence-electron chi connectivity index (χ1n) is 7.06. The third-order valence-electron chi connectivity index (χ3n) is 4.76. The van der Waals surface area contributed by atoms with Crippen LogP contribution < -0.4 is 5.32 Å². The molecule has 3 aliphatic heterocycles. The van der Waals surface area contributed by atoms with Crippen LogP contribution in [0.1, 0.15) is 6.92 Å². The number of hydrogen-bond donors (Lipinski definition) is 1. The Morgan fingerprint density at radius 3 is 2.83 bits per heavy atom. The fourth-order valence-corrected chi connectivity index (χ4v) is 3.55. The first-order chi connectivity index (χ1) is 8.75. The molecule has 0 bridgehead atoms. The molecule has 1 amide bonds. The number of rotatable bonds is 2. The zero-order chi connectivity index (χ0) is 12.5. The summed E-state index contributed by atoms with van der Waals surface area (Å²) in [6.07, 6.45) is 0. The summed E-state index contributed by atoms with van der Waals surface area (Å²) in [7, 11) is 0. The van der Waals surface area contributed by atoms with E-state index in [1.54, 1.807) is 0 Å². The Labute approximate surface area is 108 Å². The van der Waals surface area contributed by atoms with Crippen LogP contribution in [0.15, 0.2) is 0 Å². The average Bonchev–Trinajstić information content (AvgIpc) is 2.95. The SMILES string of the molecule is CC1C2CNCC2CN1CC(=O)N1CCOCC1. The number of carbonyl (C=O) groups excluding carboxylic acids is 1. The number of fused-ring (bicyclic) bond motifs is 1. The second-order valence-electron chi connectivity index (χ2n) is 5.75. The Morgan fingerprint density at radius 1 is 1.33 bits per heavy atom. The highest BCUT2D eigenvalue weighted by atomic mass is 16.5. The van der Waals surface area contributed by atoms with E-state index < -0.39 is 0 Å². The van der Waals surface area contributed by atoms with Gasteiger partial charge in [0.05, 0.1) is 19.8 Å². The molecule has 3 fully saturated rings. The van der Waals surface area contributed by atoms with Gasteiger partial charge in [-0.05, 0) is 31.8 Å². The van der Waals surface area contributed by atoms with Crippen LogP contribution in [0.25, 0.3) is 0 Å². The van der Waals surface area contributed by atoms with Gasteiger partial charge in [0.15, 0.2) is 0 Å². The minimum Gasteiger partial charge on any atom is -0.378 e. The third kappa shape index (κ3) is 2.27. The van der Waals surface area contributed by atoms with Crippen LogP contribution in [-0.4, -0.2) is 74.2 Å². The Bertz CT molecular complexity index is 317. The molecule has 0 saturated carbocycles. The number of nitrogens with zero attached hydrogens (tertiary/aromatic N) is 2.